The van der Waals surface area contributed by atoms with Crippen LogP contribution >= 0.6 is 0 Å². The first kappa shape index (κ1) is 12.6. The molecular formula is C14H20O3. The summed E-state index contributed by atoms with van der Waals surface area (Å²) in [5.41, 5.74) is 2.26. The van der Waals surface area contributed by atoms with Crippen molar-refractivity contribution in [2.24, 2.45) is 0 Å². The minimum absolute atomic E-state index is 0.0278. The fourth-order valence-corrected chi connectivity index (χ4v) is 2.19. The average molecular weight is 236 g/mol. The summed E-state index contributed by atoms with van der Waals surface area (Å²) in [7, 11) is 0. The highest BCUT2D eigenvalue weighted by Crippen LogP contribution is 2.34. The summed E-state index contributed by atoms with van der Waals surface area (Å²) in [6, 6.07) is 8.07. The molecule has 2 rings (SSSR count). The van der Waals surface area contributed by atoms with Gasteiger partial charge in [0.1, 0.15) is 6.10 Å². The summed E-state index contributed by atoms with van der Waals surface area (Å²) < 4.78 is 11.4. The minimum atomic E-state index is -0.511. The monoisotopic (exact) mass is 236 g/mol. The molecule has 0 saturated carbocycles. The van der Waals surface area contributed by atoms with Crippen molar-refractivity contribution in [3.8, 4) is 0 Å². The van der Waals surface area contributed by atoms with Crippen molar-refractivity contribution >= 4 is 0 Å². The zero-order valence-electron chi connectivity index (χ0n) is 10.6. The van der Waals surface area contributed by atoms with Crippen molar-refractivity contribution in [1.82, 2.24) is 0 Å². The molecule has 1 N–H and O–H groups in total. The van der Waals surface area contributed by atoms with Gasteiger partial charge in [0.05, 0.1) is 12.7 Å². The first-order chi connectivity index (χ1) is 7.98. The van der Waals surface area contributed by atoms with E-state index in [9.17, 15) is 5.11 Å². The third-order valence-electron chi connectivity index (χ3n) is 2.93. The van der Waals surface area contributed by atoms with E-state index < -0.39 is 5.79 Å². The molecule has 3 heteroatoms. The van der Waals surface area contributed by atoms with E-state index in [0.717, 1.165) is 11.1 Å². The van der Waals surface area contributed by atoms with E-state index in [1.807, 2.05) is 38.1 Å². The fraction of sp³-hybridized carbons (Fsp3) is 0.571. The molecule has 1 heterocycles. The second-order valence-electron chi connectivity index (χ2n) is 5.07. The van der Waals surface area contributed by atoms with E-state index >= 15 is 0 Å². The fourth-order valence-electron chi connectivity index (χ4n) is 2.19. The Balaban J connectivity index is 2.21. The van der Waals surface area contributed by atoms with Gasteiger partial charge >= 0.3 is 0 Å². The molecule has 1 aliphatic rings. The van der Waals surface area contributed by atoms with Gasteiger partial charge in [0, 0.05) is 0 Å². The zero-order chi connectivity index (χ0) is 12.5. The number of hydrogen-bond acceptors (Lipinski definition) is 3. The number of benzene rings is 1. The third-order valence-corrected chi connectivity index (χ3v) is 2.93. The van der Waals surface area contributed by atoms with Crippen molar-refractivity contribution in [2.75, 3.05) is 6.61 Å². The van der Waals surface area contributed by atoms with E-state index in [1.54, 1.807) is 6.92 Å². The van der Waals surface area contributed by atoms with Gasteiger partial charge in [0.2, 0.25) is 0 Å². The van der Waals surface area contributed by atoms with Gasteiger partial charge in [-0.05, 0) is 38.3 Å². The van der Waals surface area contributed by atoms with Crippen LogP contribution in [0.5, 0.6) is 0 Å². The van der Waals surface area contributed by atoms with Crippen LogP contribution in [0.3, 0.4) is 0 Å². The standard InChI is InChI=1S/C14H20O3/c1-10(15)8-11-6-4-5-7-12(11)13-9-16-14(2,3)17-13/h4-7,10,13,15H,8-9H2,1-3H3. The molecule has 0 amide bonds. The highest BCUT2D eigenvalue weighted by atomic mass is 16.7. The van der Waals surface area contributed by atoms with Gasteiger partial charge in [-0.1, -0.05) is 24.3 Å². The molecule has 0 spiro atoms. The largest absolute Gasteiger partial charge is 0.393 e. The number of ether oxygens (including phenoxy) is 2. The maximum absolute atomic E-state index is 9.50. The molecular weight excluding hydrogens is 216 g/mol. The van der Waals surface area contributed by atoms with Crippen molar-refractivity contribution < 1.29 is 14.6 Å². The van der Waals surface area contributed by atoms with Crippen LogP contribution in [-0.2, 0) is 15.9 Å². The van der Waals surface area contributed by atoms with Crippen LogP contribution in [0.15, 0.2) is 24.3 Å². The van der Waals surface area contributed by atoms with Gasteiger partial charge in [0.25, 0.3) is 0 Å². The Hall–Kier alpha value is -0.900. The summed E-state index contributed by atoms with van der Waals surface area (Å²) in [6.07, 6.45) is 0.280. The van der Waals surface area contributed by atoms with E-state index in [4.69, 9.17) is 9.47 Å². The molecule has 1 fully saturated rings. The molecule has 3 nitrogen and oxygen atoms in total. The van der Waals surface area contributed by atoms with Crippen molar-refractivity contribution in [2.45, 2.75) is 45.2 Å². The average Bonchev–Trinajstić information content (AvgIpc) is 2.59. The van der Waals surface area contributed by atoms with Gasteiger partial charge in [-0.25, -0.2) is 0 Å². The first-order valence-electron chi connectivity index (χ1n) is 6.05. The Morgan fingerprint density at radius 3 is 2.71 bits per heavy atom. The van der Waals surface area contributed by atoms with Gasteiger partial charge in [-0.3, -0.25) is 0 Å². The first-order valence-corrected chi connectivity index (χ1v) is 6.05. The van der Waals surface area contributed by atoms with E-state index in [1.165, 1.54) is 0 Å². The number of aliphatic hydroxyl groups excluding tert-OH is 1. The Kier molecular flexibility index (Phi) is 3.52. The minimum Gasteiger partial charge on any atom is -0.393 e. The quantitative estimate of drug-likeness (QED) is 0.876. The van der Waals surface area contributed by atoms with Crippen LogP contribution in [0.1, 0.15) is 38.0 Å². The van der Waals surface area contributed by atoms with Gasteiger partial charge in [0.15, 0.2) is 5.79 Å². The van der Waals surface area contributed by atoms with Gasteiger partial charge in [-0.2, -0.15) is 0 Å². The van der Waals surface area contributed by atoms with Crippen LogP contribution in [0.4, 0.5) is 0 Å². The molecule has 0 aliphatic carbocycles. The summed E-state index contributed by atoms with van der Waals surface area (Å²) in [5, 5.41) is 9.50. The van der Waals surface area contributed by atoms with Crippen LogP contribution in [0.2, 0.25) is 0 Å². The normalized spacial score (nSPS) is 24.8. The third kappa shape index (κ3) is 3.06. The summed E-state index contributed by atoms with van der Waals surface area (Å²) in [4.78, 5) is 0. The molecule has 0 aromatic heterocycles. The molecule has 1 saturated heterocycles. The number of rotatable bonds is 3. The molecule has 17 heavy (non-hydrogen) atoms. The van der Waals surface area contributed by atoms with Crippen LogP contribution in [0, 0.1) is 0 Å². The predicted molar refractivity (Wildman–Crippen MR) is 65.7 cm³/mol. The van der Waals surface area contributed by atoms with Crippen molar-refractivity contribution in [3.05, 3.63) is 35.4 Å². The maximum atomic E-state index is 9.50. The molecule has 1 aromatic rings. The lowest BCUT2D eigenvalue weighted by Gasteiger charge is -2.19. The molecule has 2 atom stereocenters. The summed E-state index contributed by atoms with van der Waals surface area (Å²) in [5.74, 6) is -0.511. The van der Waals surface area contributed by atoms with Gasteiger partial charge < -0.3 is 14.6 Å². The van der Waals surface area contributed by atoms with Gasteiger partial charge in [-0.15, -0.1) is 0 Å². The molecule has 1 aliphatic heterocycles. The molecule has 2 unspecified atom stereocenters. The van der Waals surface area contributed by atoms with Crippen LogP contribution < -0.4 is 0 Å². The van der Waals surface area contributed by atoms with E-state index in [0.29, 0.717) is 13.0 Å². The predicted octanol–water partition coefficient (Wildman–Crippen LogP) is 2.43. The van der Waals surface area contributed by atoms with Crippen molar-refractivity contribution in [3.63, 3.8) is 0 Å². The second kappa shape index (κ2) is 4.77. The lowest BCUT2D eigenvalue weighted by molar-refractivity contribution is -0.139. The summed E-state index contributed by atoms with van der Waals surface area (Å²) >= 11 is 0. The summed E-state index contributed by atoms with van der Waals surface area (Å²) in [6.45, 7) is 6.21. The highest BCUT2D eigenvalue weighted by molar-refractivity contribution is 5.30. The van der Waals surface area contributed by atoms with Crippen molar-refractivity contribution in [1.29, 1.82) is 0 Å². The molecule has 94 valence electrons. The number of hydrogen-bond donors (Lipinski definition) is 1. The van der Waals surface area contributed by atoms with E-state index in [2.05, 4.69) is 0 Å². The second-order valence-corrected chi connectivity index (χ2v) is 5.07. The molecule has 1 aromatic carbocycles. The zero-order valence-corrected chi connectivity index (χ0v) is 10.6. The Morgan fingerprint density at radius 2 is 2.12 bits per heavy atom. The highest BCUT2D eigenvalue weighted by Gasteiger charge is 2.34. The molecule has 0 radical (unpaired) electrons. The number of aliphatic hydroxyl groups is 1. The van der Waals surface area contributed by atoms with E-state index in [-0.39, 0.29) is 12.2 Å². The topological polar surface area (TPSA) is 38.7 Å². The Morgan fingerprint density at radius 1 is 1.41 bits per heavy atom. The molecule has 0 bridgehead atoms. The maximum Gasteiger partial charge on any atom is 0.163 e. The Bertz CT molecular complexity index is 385. The lowest BCUT2D eigenvalue weighted by atomic mass is 9.98. The Labute approximate surface area is 102 Å². The van der Waals surface area contributed by atoms with Crippen LogP contribution in [0.25, 0.3) is 0 Å². The lowest BCUT2D eigenvalue weighted by Crippen LogP contribution is -2.20. The SMILES string of the molecule is CC(O)Cc1ccccc1C1COC(C)(C)O1. The smallest absolute Gasteiger partial charge is 0.163 e. The van der Waals surface area contributed by atoms with Crippen LogP contribution in [-0.4, -0.2) is 23.6 Å².